The van der Waals surface area contributed by atoms with Gasteiger partial charge in [0.1, 0.15) is 5.82 Å². The van der Waals surface area contributed by atoms with Gasteiger partial charge in [0.2, 0.25) is 0 Å². The summed E-state index contributed by atoms with van der Waals surface area (Å²) in [7, 11) is 0. The van der Waals surface area contributed by atoms with Crippen molar-refractivity contribution in [2.24, 2.45) is 0 Å². The van der Waals surface area contributed by atoms with Crippen LogP contribution in [0.15, 0.2) is 30.7 Å². The number of pyridine rings is 1. The molecule has 3 rings (SSSR count). The maximum atomic E-state index is 5.78. The molecule has 5 heteroatoms. The molecule has 1 aliphatic rings. The zero-order valence-electron chi connectivity index (χ0n) is 12.8. The van der Waals surface area contributed by atoms with Gasteiger partial charge in [0.05, 0.1) is 11.3 Å². The lowest BCUT2D eigenvalue weighted by Crippen LogP contribution is -2.40. The molecule has 2 aromatic rings. The van der Waals surface area contributed by atoms with E-state index in [2.05, 4.69) is 35.2 Å². The Labute approximate surface area is 125 Å². The SMILES string of the molecule is Cc1nccn1-c1ncccc1NC1CCOC(C)(C)C1. The predicted octanol–water partition coefficient (Wildman–Crippen LogP) is 2.95. The number of aromatic nitrogens is 3. The fourth-order valence-electron chi connectivity index (χ4n) is 2.88. The van der Waals surface area contributed by atoms with Gasteiger partial charge in [0, 0.05) is 31.2 Å². The van der Waals surface area contributed by atoms with Crippen LogP contribution in [0.3, 0.4) is 0 Å². The van der Waals surface area contributed by atoms with E-state index in [4.69, 9.17) is 4.74 Å². The minimum absolute atomic E-state index is 0.0663. The van der Waals surface area contributed by atoms with Crippen molar-refractivity contribution in [3.05, 3.63) is 36.5 Å². The third kappa shape index (κ3) is 3.08. The minimum atomic E-state index is -0.0663. The summed E-state index contributed by atoms with van der Waals surface area (Å²) in [5, 5.41) is 3.63. The van der Waals surface area contributed by atoms with E-state index < -0.39 is 0 Å². The summed E-state index contributed by atoms with van der Waals surface area (Å²) in [5.74, 6) is 1.83. The second-order valence-electron chi connectivity index (χ2n) is 6.16. The van der Waals surface area contributed by atoms with Gasteiger partial charge in [-0.2, -0.15) is 0 Å². The molecular formula is C16H22N4O. The van der Waals surface area contributed by atoms with Gasteiger partial charge in [-0.1, -0.05) is 0 Å². The van der Waals surface area contributed by atoms with E-state index in [1.165, 1.54) is 0 Å². The van der Waals surface area contributed by atoms with Crippen LogP contribution in [0.1, 0.15) is 32.5 Å². The number of hydrogen-bond donors (Lipinski definition) is 1. The Bertz CT molecular complexity index is 620. The molecule has 0 bridgehead atoms. The fourth-order valence-corrected chi connectivity index (χ4v) is 2.88. The lowest BCUT2D eigenvalue weighted by molar-refractivity contribution is -0.0553. The molecule has 0 spiro atoms. The fraction of sp³-hybridized carbons (Fsp3) is 0.500. The summed E-state index contributed by atoms with van der Waals surface area (Å²) in [6.45, 7) is 7.07. The Kier molecular flexibility index (Phi) is 3.68. The second-order valence-corrected chi connectivity index (χ2v) is 6.16. The van der Waals surface area contributed by atoms with Gasteiger partial charge in [-0.15, -0.1) is 0 Å². The average Bonchev–Trinajstić information content (AvgIpc) is 2.84. The van der Waals surface area contributed by atoms with Crippen LogP contribution >= 0.6 is 0 Å². The number of nitrogens with zero attached hydrogens (tertiary/aromatic N) is 3. The van der Waals surface area contributed by atoms with E-state index in [1.54, 1.807) is 6.20 Å². The first-order valence-electron chi connectivity index (χ1n) is 7.41. The van der Waals surface area contributed by atoms with Gasteiger partial charge >= 0.3 is 0 Å². The van der Waals surface area contributed by atoms with E-state index in [0.717, 1.165) is 36.8 Å². The number of anilines is 1. The molecule has 3 heterocycles. The summed E-state index contributed by atoms with van der Waals surface area (Å²) >= 11 is 0. The largest absolute Gasteiger partial charge is 0.379 e. The van der Waals surface area contributed by atoms with E-state index in [9.17, 15) is 0 Å². The Hall–Kier alpha value is -1.88. The van der Waals surface area contributed by atoms with Crippen LogP contribution in [-0.2, 0) is 4.74 Å². The average molecular weight is 286 g/mol. The maximum Gasteiger partial charge on any atom is 0.161 e. The first-order valence-corrected chi connectivity index (χ1v) is 7.41. The van der Waals surface area contributed by atoms with Crippen molar-refractivity contribution in [2.45, 2.75) is 45.3 Å². The quantitative estimate of drug-likeness (QED) is 0.942. The lowest BCUT2D eigenvalue weighted by atomic mass is 9.94. The van der Waals surface area contributed by atoms with Gasteiger partial charge in [0.25, 0.3) is 0 Å². The van der Waals surface area contributed by atoms with Crippen molar-refractivity contribution in [3.63, 3.8) is 0 Å². The van der Waals surface area contributed by atoms with Crippen molar-refractivity contribution < 1.29 is 4.74 Å². The summed E-state index contributed by atoms with van der Waals surface area (Å²) in [5.41, 5.74) is 0.977. The normalized spacial score (nSPS) is 21.2. The summed E-state index contributed by atoms with van der Waals surface area (Å²) < 4.78 is 7.79. The van der Waals surface area contributed by atoms with Crippen molar-refractivity contribution in [2.75, 3.05) is 11.9 Å². The molecule has 0 saturated carbocycles. The molecule has 2 aromatic heterocycles. The number of imidazole rings is 1. The molecule has 1 unspecified atom stereocenters. The van der Waals surface area contributed by atoms with E-state index in [1.807, 2.05) is 30.0 Å². The standard InChI is InChI=1S/C16H22N4O/c1-12-17-8-9-20(12)15-14(5-4-7-18-15)19-13-6-10-21-16(2,3)11-13/h4-5,7-9,13,19H,6,10-11H2,1-3H3. The molecule has 112 valence electrons. The summed E-state index contributed by atoms with van der Waals surface area (Å²) in [6, 6.07) is 4.44. The number of ether oxygens (including phenoxy) is 1. The Morgan fingerprint density at radius 2 is 2.19 bits per heavy atom. The second kappa shape index (κ2) is 5.48. The highest BCUT2D eigenvalue weighted by atomic mass is 16.5. The molecule has 21 heavy (non-hydrogen) atoms. The van der Waals surface area contributed by atoms with Crippen molar-refractivity contribution in [1.82, 2.24) is 14.5 Å². The van der Waals surface area contributed by atoms with Gasteiger partial charge in [-0.05, 0) is 45.7 Å². The van der Waals surface area contributed by atoms with Gasteiger partial charge < -0.3 is 10.1 Å². The zero-order valence-corrected chi connectivity index (χ0v) is 12.8. The van der Waals surface area contributed by atoms with Gasteiger partial charge in [0.15, 0.2) is 5.82 Å². The van der Waals surface area contributed by atoms with Gasteiger partial charge in [-0.25, -0.2) is 9.97 Å². The zero-order chi connectivity index (χ0) is 14.9. The molecule has 1 aliphatic heterocycles. The smallest absolute Gasteiger partial charge is 0.161 e. The predicted molar refractivity (Wildman–Crippen MR) is 82.8 cm³/mol. The lowest BCUT2D eigenvalue weighted by Gasteiger charge is -2.36. The van der Waals surface area contributed by atoms with E-state index >= 15 is 0 Å². The molecule has 1 saturated heterocycles. The topological polar surface area (TPSA) is 52.0 Å². The molecule has 5 nitrogen and oxygen atoms in total. The highest BCUT2D eigenvalue weighted by Gasteiger charge is 2.29. The van der Waals surface area contributed by atoms with Crippen LogP contribution in [0.4, 0.5) is 5.69 Å². The third-order valence-corrected chi connectivity index (χ3v) is 3.90. The first kappa shape index (κ1) is 14.1. The van der Waals surface area contributed by atoms with E-state index in [-0.39, 0.29) is 5.60 Å². The highest BCUT2D eigenvalue weighted by molar-refractivity contribution is 5.57. The molecule has 0 amide bonds. The van der Waals surface area contributed by atoms with Crippen molar-refractivity contribution in [1.29, 1.82) is 0 Å². The van der Waals surface area contributed by atoms with Crippen LogP contribution in [0.5, 0.6) is 0 Å². The molecule has 1 fully saturated rings. The van der Waals surface area contributed by atoms with Crippen LogP contribution in [0.25, 0.3) is 5.82 Å². The number of aryl methyl sites for hydroxylation is 1. The highest BCUT2D eigenvalue weighted by Crippen LogP contribution is 2.28. The van der Waals surface area contributed by atoms with Crippen LogP contribution in [-0.4, -0.2) is 32.8 Å². The van der Waals surface area contributed by atoms with Crippen LogP contribution < -0.4 is 5.32 Å². The first-order chi connectivity index (χ1) is 10.1. The number of rotatable bonds is 3. The van der Waals surface area contributed by atoms with E-state index in [0.29, 0.717) is 6.04 Å². The van der Waals surface area contributed by atoms with Crippen LogP contribution in [0.2, 0.25) is 0 Å². The maximum absolute atomic E-state index is 5.78. The Morgan fingerprint density at radius 3 is 2.90 bits per heavy atom. The molecule has 0 aromatic carbocycles. The Balaban J connectivity index is 1.85. The molecule has 0 aliphatic carbocycles. The molecule has 1 N–H and O–H groups in total. The minimum Gasteiger partial charge on any atom is -0.379 e. The van der Waals surface area contributed by atoms with Crippen LogP contribution in [0, 0.1) is 6.92 Å². The number of nitrogens with one attached hydrogen (secondary N) is 1. The van der Waals surface area contributed by atoms with Gasteiger partial charge in [-0.3, -0.25) is 4.57 Å². The Morgan fingerprint density at radius 1 is 1.33 bits per heavy atom. The molecule has 1 atom stereocenters. The molecular weight excluding hydrogens is 264 g/mol. The molecule has 0 radical (unpaired) electrons. The monoisotopic (exact) mass is 286 g/mol. The van der Waals surface area contributed by atoms with Crippen molar-refractivity contribution >= 4 is 5.69 Å². The number of hydrogen-bond acceptors (Lipinski definition) is 4. The summed E-state index contributed by atoms with van der Waals surface area (Å²) in [6.07, 6.45) is 7.56. The third-order valence-electron chi connectivity index (χ3n) is 3.90. The van der Waals surface area contributed by atoms with Crippen molar-refractivity contribution in [3.8, 4) is 5.82 Å². The summed E-state index contributed by atoms with van der Waals surface area (Å²) in [4.78, 5) is 8.79.